The lowest BCUT2D eigenvalue weighted by Gasteiger charge is -2.36. The van der Waals surface area contributed by atoms with Crippen molar-refractivity contribution >= 4 is 5.91 Å². The molecule has 1 fully saturated rings. The molecule has 0 bridgehead atoms. The normalized spacial score (nSPS) is 16.1. The number of hydrogen-bond donors (Lipinski definition) is 1. The Morgan fingerprint density at radius 2 is 1.97 bits per heavy atom. The van der Waals surface area contributed by atoms with Crippen molar-refractivity contribution < 1.29 is 9.90 Å². The molecule has 0 unspecified atom stereocenters. The third kappa shape index (κ3) is 4.47. The number of hydrogen-bond acceptors (Lipinski definition) is 6. The first-order valence-electron chi connectivity index (χ1n) is 11.5. The maximum atomic E-state index is 13.8. The molecule has 5 rings (SSSR count). The average Bonchev–Trinajstić information content (AvgIpc) is 3.57. The quantitative estimate of drug-likeness (QED) is 0.478. The monoisotopic (exact) mass is 457 g/mol. The Bertz CT molecular complexity index is 1280. The van der Waals surface area contributed by atoms with Crippen molar-refractivity contribution in [2.75, 3.05) is 6.54 Å². The molecule has 0 aliphatic carbocycles. The van der Waals surface area contributed by atoms with E-state index in [9.17, 15) is 9.90 Å². The second-order valence-electron chi connectivity index (χ2n) is 8.61. The summed E-state index contributed by atoms with van der Waals surface area (Å²) >= 11 is 0. The first-order chi connectivity index (χ1) is 16.6. The molecule has 1 N–H and O–H groups in total. The van der Waals surface area contributed by atoms with Gasteiger partial charge in [-0.15, -0.1) is 0 Å². The van der Waals surface area contributed by atoms with E-state index in [2.05, 4.69) is 20.3 Å². The van der Waals surface area contributed by atoms with E-state index in [4.69, 9.17) is 0 Å². The molecular weight excluding hydrogens is 430 g/mol. The number of aliphatic hydroxyl groups excluding tert-OH is 1. The highest BCUT2D eigenvalue weighted by Gasteiger charge is 2.30. The number of rotatable bonds is 6. The molecule has 4 heterocycles. The van der Waals surface area contributed by atoms with Crippen molar-refractivity contribution in [3.05, 3.63) is 78.0 Å². The fraction of sp³-hybridized carbons (Fsp3) is 0.320. The number of aliphatic hydroxyl groups is 1. The SMILES string of the molecule is Cc1ccc(-n2nccn2)c(C(=O)N2CCCC[C@H]2Cn2cc(-c3cccc(CO)n3)cn2)c1. The number of likely N-dealkylation sites (tertiary alicyclic amines) is 1. The Morgan fingerprint density at radius 3 is 2.79 bits per heavy atom. The number of carbonyl (C=O) groups excluding carboxylic acids is 1. The highest BCUT2D eigenvalue weighted by molar-refractivity contribution is 5.98. The summed E-state index contributed by atoms with van der Waals surface area (Å²) < 4.78 is 1.88. The van der Waals surface area contributed by atoms with Gasteiger partial charge in [0.25, 0.3) is 5.91 Å². The Morgan fingerprint density at radius 1 is 1.12 bits per heavy atom. The van der Waals surface area contributed by atoms with E-state index >= 15 is 0 Å². The van der Waals surface area contributed by atoms with Crippen molar-refractivity contribution in [3.63, 3.8) is 0 Å². The second kappa shape index (κ2) is 9.56. The molecule has 0 spiro atoms. The van der Waals surface area contributed by atoms with Crippen molar-refractivity contribution in [3.8, 4) is 16.9 Å². The first kappa shape index (κ1) is 22.0. The van der Waals surface area contributed by atoms with Crippen molar-refractivity contribution in [2.45, 2.75) is 45.4 Å². The van der Waals surface area contributed by atoms with Gasteiger partial charge in [-0.05, 0) is 50.5 Å². The van der Waals surface area contributed by atoms with Gasteiger partial charge in [-0.2, -0.15) is 20.1 Å². The van der Waals surface area contributed by atoms with Gasteiger partial charge in [-0.25, -0.2) is 0 Å². The Kier molecular flexibility index (Phi) is 6.18. The van der Waals surface area contributed by atoms with E-state index in [0.717, 1.165) is 36.1 Å². The molecule has 0 radical (unpaired) electrons. The lowest BCUT2D eigenvalue weighted by atomic mass is 9.99. The summed E-state index contributed by atoms with van der Waals surface area (Å²) in [6, 6.07) is 11.4. The molecule has 34 heavy (non-hydrogen) atoms. The second-order valence-corrected chi connectivity index (χ2v) is 8.61. The zero-order chi connectivity index (χ0) is 23.5. The smallest absolute Gasteiger partial charge is 0.256 e. The van der Waals surface area contributed by atoms with Crippen LogP contribution in [0.15, 0.2) is 61.2 Å². The minimum atomic E-state index is -0.101. The van der Waals surface area contributed by atoms with Crippen LogP contribution >= 0.6 is 0 Å². The molecular formula is C25H27N7O2. The zero-order valence-corrected chi connectivity index (χ0v) is 19.1. The molecule has 0 saturated carbocycles. The predicted molar refractivity (Wildman–Crippen MR) is 126 cm³/mol. The Balaban J connectivity index is 1.39. The molecule has 174 valence electrons. The summed E-state index contributed by atoms with van der Waals surface area (Å²) in [4.78, 5) is 21.7. The van der Waals surface area contributed by atoms with E-state index in [1.807, 2.05) is 53.0 Å². The molecule has 1 atom stereocenters. The van der Waals surface area contributed by atoms with Gasteiger partial charge < -0.3 is 10.0 Å². The summed E-state index contributed by atoms with van der Waals surface area (Å²) in [7, 11) is 0. The summed E-state index contributed by atoms with van der Waals surface area (Å²) in [5, 5.41) is 22.4. The average molecular weight is 458 g/mol. The molecule has 1 aliphatic heterocycles. The predicted octanol–water partition coefficient (Wildman–Crippen LogP) is 3.02. The van der Waals surface area contributed by atoms with Gasteiger partial charge in [-0.3, -0.25) is 14.5 Å². The van der Waals surface area contributed by atoms with Crippen LogP contribution in [-0.2, 0) is 13.2 Å². The first-order valence-corrected chi connectivity index (χ1v) is 11.5. The van der Waals surface area contributed by atoms with Gasteiger partial charge in [0, 0.05) is 18.3 Å². The van der Waals surface area contributed by atoms with Gasteiger partial charge in [0.05, 0.1) is 60.4 Å². The van der Waals surface area contributed by atoms with Crippen molar-refractivity contribution in [1.82, 2.24) is 34.7 Å². The fourth-order valence-corrected chi connectivity index (χ4v) is 4.49. The number of aryl methyl sites for hydroxylation is 1. The van der Waals surface area contributed by atoms with Crippen LogP contribution in [0.1, 0.15) is 40.9 Å². The van der Waals surface area contributed by atoms with Crippen LogP contribution in [0.2, 0.25) is 0 Å². The molecule has 3 aromatic heterocycles. The minimum Gasteiger partial charge on any atom is -0.390 e. The zero-order valence-electron chi connectivity index (χ0n) is 19.1. The van der Waals surface area contributed by atoms with Gasteiger partial charge in [0.1, 0.15) is 0 Å². The topological polar surface area (TPSA) is 102 Å². The maximum Gasteiger partial charge on any atom is 0.256 e. The van der Waals surface area contributed by atoms with Crippen molar-refractivity contribution in [1.29, 1.82) is 0 Å². The van der Waals surface area contributed by atoms with Crippen LogP contribution in [0.3, 0.4) is 0 Å². The third-order valence-electron chi connectivity index (χ3n) is 6.20. The molecule has 1 amide bonds. The molecule has 4 aromatic rings. The Labute approximate surface area is 197 Å². The van der Waals surface area contributed by atoms with Gasteiger partial charge in [0.2, 0.25) is 0 Å². The minimum absolute atomic E-state index is 0.00890. The largest absolute Gasteiger partial charge is 0.390 e. The lowest BCUT2D eigenvalue weighted by Crippen LogP contribution is -2.46. The molecule has 9 heteroatoms. The molecule has 9 nitrogen and oxygen atoms in total. The van der Waals surface area contributed by atoms with E-state index in [1.54, 1.807) is 24.7 Å². The number of pyridine rings is 1. The number of nitrogens with zero attached hydrogens (tertiary/aromatic N) is 7. The van der Waals surface area contributed by atoms with E-state index in [1.165, 1.54) is 4.80 Å². The van der Waals surface area contributed by atoms with E-state index < -0.39 is 0 Å². The fourth-order valence-electron chi connectivity index (χ4n) is 4.49. The molecule has 1 saturated heterocycles. The summed E-state index contributed by atoms with van der Waals surface area (Å²) in [5.74, 6) is -0.00890. The summed E-state index contributed by atoms with van der Waals surface area (Å²) in [6.07, 6.45) is 9.92. The van der Waals surface area contributed by atoms with Crippen LogP contribution in [0.5, 0.6) is 0 Å². The standard InChI is InChI=1S/C25H27N7O2/c1-18-8-9-24(32-26-10-11-27-32)22(13-18)25(34)31-12-3-2-6-21(31)16-30-15-19(14-28-30)23-7-4-5-20(17-33)29-23/h4-5,7-11,13-15,21,33H,2-3,6,12,16-17H2,1H3/t21-/m0/s1. The van der Waals surface area contributed by atoms with Crippen LogP contribution < -0.4 is 0 Å². The number of benzene rings is 1. The van der Waals surface area contributed by atoms with E-state index in [0.29, 0.717) is 30.0 Å². The molecule has 1 aliphatic rings. The summed E-state index contributed by atoms with van der Waals surface area (Å²) in [6.45, 7) is 3.19. The molecule has 1 aromatic carbocycles. The summed E-state index contributed by atoms with van der Waals surface area (Å²) in [5.41, 5.74) is 4.58. The Hall–Kier alpha value is -3.85. The van der Waals surface area contributed by atoms with Crippen molar-refractivity contribution in [2.24, 2.45) is 0 Å². The van der Waals surface area contributed by atoms with Gasteiger partial charge in [0.15, 0.2) is 0 Å². The number of aromatic nitrogens is 6. The third-order valence-corrected chi connectivity index (χ3v) is 6.20. The number of carbonyl (C=O) groups is 1. The lowest BCUT2D eigenvalue weighted by molar-refractivity contribution is 0.0583. The van der Waals surface area contributed by atoms with Gasteiger partial charge in [-0.1, -0.05) is 17.7 Å². The maximum absolute atomic E-state index is 13.8. The van der Waals surface area contributed by atoms with Crippen LogP contribution in [0, 0.1) is 6.92 Å². The number of amides is 1. The number of piperidine rings is 1. The highest BCUT2D eigenvalue weighted by Crippen LogP contribution is 2.25. The highest BCUT2D eigenvalue weighted by atomic mass is 16.3. The van der Waals surface area contributed by atoms with E-state index in [-0.39, 0.29) is 18.6 Å². The van der Waals surface area contributed by atoms with Crippen LogP contribution in [0.4, 0.5) is 0 Å². The van der Waals surface area contributed by atoms with Crippen LogP contribution in [-0.4, -0.2) is 58.3 Å². The van der Waals surface area contributed by atoms with Crippen LogP contribution in [0.25, 0.3) is 16.9 Å². The van der Waals surface area contributed by atoms with Gasteiger partial charge >= 0.3 is 0 Å².